The first-order valence-corrected chi connectivity index (χ1v) is 6.59. The molecule has 0 radical (unpaired) electrons. The van der Waals surface area contributed by atoms with Crippen molar-refractivity contribution in [3.63, 3.8) is 0 Å². The molecule has 8 heteroatoms. The summed E-state index contributed by atoms with van der Waals surface area (Å²) in [6, 6.07) is 7.93. The summed E-state index contributed by atoms with van der Waals surface area (Å²) in [5, 5.41) is 9.94. The van der Waals surface area contributed by atoms with Crippen LogP contribution >= 0.6 is 11.6 Å². The molecular weight excluding hydrogens is 310 g/mol. The summed E-state index contributed by atoms with van der Waals surface area (Å²) in [6.45, 7) is 0. The number of ether oxygens (including phenoxy) is 1. The minimum absolute atomic E-state index is 0.0884. The molecule has 0 unspecified atom stereocenters. The maximum atomic E-state index is 12.0. The van der Waals surface area contributed by atoms with Crippen LogP contribution in [0, 0.1) is 0 Å². The van der Waals surface area contributed by atoms with Crippen LogP contribution in [0.3, 0.4) is 0 Å². The highest BCUT2D eigenvalue weighted by atomic mass is 35.5. The molecule has 0 aliphatic heterocycles. The number of rotatable bonds is 3. The van der Waals surface area contributed by atoms with Gasteiger partial charge in [0.05, 0.1) is 12.6 Å². The van der Waals surface area contributed by atoms with Gasteiger partial charge in [-0.3, -0.25) is 9.89 Å². The van der Waals surface area contributed by atoms with E-state index >= 15 is 0 Å². The van der Waals surface area contributed by atoms with Crippen molar-refractivity contribution in [1.82, 2.24) is 10.2 Å². The molecule has 0 spiro atoms. The van der Waals surface area contributed by atoms with E-state index in [9.17, 15) is 9.59 Å². The second-order valence-corrected chi connectivity index (χ2v) is 4.75. The van der Waals surface area contributed by atoms with Crippen LogP contribution in [0.25, 0.3) is 10.9 Å². The summed E-state index contributed by atoms with van der Waals surface area (Å²) >= 11 is 5.63. The lowest BCUT2D eigenvalue weighted by molar-refractivity contribution is 0.0596. The van der Waals surface area contributed by atoms with Crippen molar-refractivity contribution in [2.75, 3.05) is 12.4 Å². The third-order valence-corrected chi connectivity index (χ3v) is 3.20. The summed E-state index contributed by atoms with van der Waals surface area (Å²) in [5.74, 6) is -0.924. The molecule has 0 atom stereocenters. The number of halogens is 1. The Balaban J connectivity index is 1.91. The molecule has 1 amide bonds. The van der Waals surface area contributed by atoms with Gasteiger partial charge in [-0.25, -0.2) is 4.79 Å². The van der Waals surface area contributed by atoms with E-state index in [2.05, 4.69) is 20.3 Å². The van der Waals surface area contributed by atoms with Crippen LogP contribution in [0.4, 0.5) is 5.69 Å². The number of nitrogens with zero attached hydrogens (tertiary/aromatic N) is 1. The van der Waals surface area contributed by atoms with Crippen molar-refractivity contribution >= 4 is 40.1 Å². The molecule has 2 heterocycles. The molecule has 3 aromatic rings. The van der Waals surface area contributed by atoms with Crippen molar-refractivity contribution in [2.24, 2.45) is 0 Å². The monoisotopic (exact) mass is 319 g/mol. The molecule has 2 N–H and O–H groups in total. The summed E-state index contributed by atoms with van der Waals surface area (Å²) in [5.41, 5.74) is 1.28. The lowest BCUT2D eigenvalue weighted by Crippen LogP contribution is -2.10. The first-order chi connectivity index (χ1) is 10.6. The molecule has 3 rings (SSSR count). The Labute approximate surface area is 129 Å². The molecule has 0 aliphatic rings. The Morgan fingerprint density at radius 1 is 1.32 bits per heavy atom. The Bertz CT molecular complexity index is 868. The molecular formula is C14H10ClN3O4. The molecule has 0 saturated carbocycles. The molecule has 112 valence electrons. The highest BCUT2D eigenvalue weighted by Crippen LogP contribution is 2.22. The number of benzene rings is 1. The van der Waals surface area contributed by atoms with E-state index in [4.69, 9.17) is 16.0 Å². The van der Waals surface area contributed by atoms with Gasteiger partial charge in [0.1, 0.15) is 0 Å². The number of H-pyrrole nitrogens is 1. The molecule has 0 fully saturated rings. The Morgan fingerprint density at radius 3 is 2.82 bits per heavy atom. The van der Waals surface area contributed by atoms with Gasteiger partial charge in [0, 0.05) is 11.1 Å². The lowest BCUT2D eigenvalue weighted by atomic mass is 10.2. The van der Waals surface area contributed by atoms with Crippen LogP contribution in [0.1, 0.15) is 21.0 Å². The molecule has 22 heavy (non-hydrogen) atoms. The second-order valence-electron chi connectivity index (χ2n) is 4.38. The second kappa shape index (κ2) is 5.53. The number of fused-ring (bicyclic) bond motifs is 1. The number of carbonyl (C=O) groups is 2. The highest BCUT2D eigenvalue weighted by molar-refractivity contribution is 6.29. The number of nitrogens with one attached hydrogen (secondary N) is 2. The molecule has 1 aromatic carbocycles. The minimum Gasteiger partial charge on any atom is -0.464 e. The maximum Gasteiger partial charge on any atom is 0.359 e. The van der Waals surface area contributed by atoms with E-state index in [0.717, 1.165) is 0 Å². The van der Waals surface area contributed by atoms with Gasteiger partial charge in [0.15, 0.2) is 16.7 Å². The molecule has 2 aromatic heterocycles. The van der Waals surface area contributed by atoms with E-state index < -0.39 is 11.9 Å². The Kier molecular flexibility index (Phi) is 3.56. The van der Waals surface area contributed by atoms with Gasteiger partial charge in [0.2, 0.25) is 0 Å². The van der Waals surface area contributed by atoms with E-state index in [1.807, 2.05) is 0 Å². The van der Waals surface area contributed by atoms with Gasteiger partial charge in [-0.2, -0.15) is 5.10 Å². The van der Waals surface area contributed by atoms with Crippen molar-refractivity contribution < 1.29 is 18.7 Å². The Hall–Kier alpha value is -2.80. The van der Waals surface area contributed by atoms with Crippen LogP contribution in [0.2, 0.25) is 5.22 Å². The summed E-state index contributed by atoms with van der Waals surface area (Å²) in [6.07, 6.45) is 0. The first-order valence-electron chi connectivity index (χ1n) is 6.21. The number of amides is 1. The third kappa shape index (κ3) is 2.53. The summed E-state index contributed by atoms with van der Waals surface area (Å²) < 4.78 is 9.69. The summed E-state index contributed by atoms with van der Waals surface area (Å²) in [7, 11) is 1.27. The van der Waals surface area contributed by atoms with Crippen molar-refractivity contribution in [1.29, 1.82) is 0 Å². The zero-order valence-electron chi connectivity index (χ0n) is 11.3. The van der Waals surface area contributed by atoms with Crippen LogP contribution in [-0.4, -0.2) is 29.2 Å². The first kappa shape index (κ1) is 14.2. The van der Waals surface area contributed by atoms with Gasteiger partial charge in [-0.05, 0) is 41.9 Å². The predicted octanol–water partition coefficient (Wildman–Crippen LogP) is 2.85. The van der Waals surface area contributed by atoms with Gasteiger partial charge in [0.25, 0.3) is 5.91 Å². The fraction of sp³-hybridized carbons (Fsp3) is 0.0714. The van der Waals surface area contributed by atoms with Crippen molar-refractivity contribution in [2.45, 2.75) is 0 Å². The van der Waals surface area contributed by atoms with Crippen LogP contribution in [0.5, 0.6) is 0 Å². The van der Waals surface area contributed by atoms with Crippen LogP contribution in [-0.2, 0) is 4.74 Å². The fourth-order valence-corrected chi connectivity index (χ4v) is 2.12. The molecule has 0 saturated heterocycles. The average Bonchev–Trinajstić information content (AvgIpc) is 3.12. The number of hydrogen-bond donors (Lipinski definition) is 2. The normalized spacial score (nSPS) is 10.6. The lowest BCUT2D eigenvalue weighted by Gasteiger charge is -2.03. The SMILES string of the molecule is COC(=O)c1n[nH]c2ccc(NC(=O)c3ccc(Cl)o3)cc12. The third-order valence-electron chi connectivity index (χ3n) is 3.00. The van der Waals surface area contributed by atoms with E-state index in [0.29, 0.717) is 16.6 Å². The quantitative estimate of drug-likeness (QED) is 0.723. The number of anilines is 1. The summed E-state index contributed by atoms with van der Waals surface area (Å²) in [4.78, 5) is 23.6. The van der Waals surface area contributed by atoms with Crippen molar-refractivity contribution in [3.8, 4) is 0 Å². The van der Waals surface area contributed by atoms with Crippen LogP contribution < -0.4 is 5.32 Å². The molecule has 0 aliphatic carbocycles. The number of carbonyl (C=O) groups excluding carboxylic acids is 2. The number of furan rings is 1. The fourth-order valence-electron chi connectivity index (χ4n) is 1.97. The molecule has 0 bridgehead atoms. The van der Waals surface area contributed by atoms with Crippen LogP contribution in [0.15, 0.2) is 34.7 Å². The number of hydrogen-bond acceptors (Lipinski definition) is 5. The smallest absolute Gasteiger partial charge is 0.359 e. The van der Waals surface area contributed by atoms with E-state index in [1.54, 1.807) is 18.2 Å². The number of aromatic nitrogens is 2. The Morgan fingerprint density at radius 2 is 2.14 bits per heavy atom. The zero-order valence-corrected chi connectivity index (χ0v) is 12.1. The number of aromatic amines is 1. The molecule has 7 nitrogen and oxygen atoms in total. The van der Waals surface area contributed by atoms with E-state index in [-0.39, 0.29) is 16.7 Å². The van der Waals surface area contributed by atoms with Gasteiger partial charge in [-0.15, -0.1) is 0 Å². The number of esters is 1. The highest BCUT2D eigenvalue weighted by Gasteiger charge is 2.16. The van der Waals surface area contributed by atoms with Gasteiger partial charge < -0.3 is 14.5 Å². The minimum atomic E-state index is -0.562. The topological polar surface area (TPSA) is 97.2 Å². The van der Waals surface area contributed by atoms with E-state index in [1.165, 1.54) is 19.2 Å². The standard InChI is InChI=1S/C14H10ClN3O4/c1-21-14(20)12-8-6-7(2-3-9(8)17-18-12)16-13(19)10-4-5-11(15)22-10/h2-6H,1H3,(H,16,19)(H,17,18). The predicted molar refractivity (Wildman–Crippen MR) is 79.1 cm³/mol. The average molecular weight is 320 g/mol. The number of methoxy groups -OCH3 is 1. The largest absolute Gasteiger partial charge is 0.464 e. The zero-order chi connectivity index (χ0) is 15.7. The van der Waals surface area contributed by atoms with Crippen molar-refractivity contribution in [3.05, 3.63) is 47.0 Å². The van der Waals surface area contributed by atoms with Gasteiger partial charge >= 0.3 is 5.97 Å². The van der Waals surface area contributed by atoms with Gasteiger partial charge in [-0.1, -0.05) is 0 Å². The maximum absolute atomic E-state index is 12.0.